The Hall–Kier alpha value is -3.75. The zero-order valence-electron chi connectivity index (χ0n) is 16.5. The van der Waals surface area contributed by atoms with Gasteiger partial charge in [0.05, 0.1) is 25.8 Å². The molecule has 1 saturated heterocycles. The molecule has 2 aliphatic heterocycles. The number of anilines is 1. The van der Waals surface area contributed by atoms with Crippen molar-refractivity contribution in [3.63, 3.8) is 0 Å². The summed E-state index contributed by atoms with van der Waals surface area (Å²) in [6, 6.07) is 10.8. The Balaban J connectivity index is 1.38. The third-order valence-corrected chi connectivity index (χ3v) is 5.19. The lowest BCUT2D eigenvalue weighted by atomic mass is 10.1. The maximum absolute atomic E-state index is 12.7. The first-order chi connectivity index (χ1) is 14.6. The number of ether oxygens (including phenoxy) is 4. The van der Waals surface area contributed by atoms with Crippen LogP contribution >= 0.6 is 0 Å². The molecule has 9 nitrogen and oxygen atoms in total. The highest BCUT2D eigenvalue weighted by Crippen LogP contribution is 2.37. The molecular weight excluding hydrogens is 390 g/mol. The Morgan fingerprint density at radius 3 is 2.57 bits per heavy atom. The number of hydrogen-bond acceptors (Lipinski definition) is 8. The van der Waals surface area contributed by atoms with E-state index in [1.165, 1.54) is 0 Å². The van der Waals surface area contributed by atoms with Gasteiger partial charge in [0.25, 0.3) is 0 Å². The average Bonchev–Trinajstić information content (AvgIpc) is 3.51. The van der Waals surface area contributed by atoms with Gasteiger partial charge >= 0.3 is 0 Å². The fourth-order valence-electron chi connectivity index (χ4n) is 3.62. The predicted octanol–water partition coefficient (Wildman–Crippen LogP) is 3.00. The number of amides is 1. The third kappa shape index (κ3) is 3.18. The molecule has 2 aromatic carbocycles. The van der Waals surface area contributed by atoms with Crippen molar-refractivity contribution in [3.8, 4) is 34.4 Å². The molecule has 0 N–H and O–H groups in total. The van der Waals surface area contributed by atoms with Gasteiger partial charge in [-0.05, 0) is 18.2 Å². The summed E-state index contributed by atoms with van der Waals surface area (Å²) in [4.78, 5) is 18.9. The van der Waals surface area contributed by atoms with Gasteiger partial charge < -0.3 is 28.4 Å². The Kier molecular flexibility index (Phi) is 4.42. The minimum absolute atomic E-state index is 0.0295. The summed E-state index contributed by atoms with van der Waals surface area (Å²) in [5, 5.41) is 4.08. The van der Waals surface area contributed by atoms with E-state index in [9.17, 15) is 4.79 Å². The lowest BCUT2D eigenvalue weighted by Gasteiger charge is -2.18. The van der Waals surface area contributed by atoms with Crippen LogP contribution in [-0.4, -0.2) is 43.6 Å². The van der Waals surface area contributed by atoms with E-state index >= 15 is 0 Å². The Morgan fingerprint density at radius 1 is 1.03 bits per heavy atom. The van der Waals surface area contributed by atoms with Crippen molar-refractivity contribution in [2.24, 2.45) is 0 Å². The fraction of sp³-hybridized carbons (Fsp3) is 0.286. The Morgan fingerprint density at radius 2 is 1.80 bits per heavy atom. The summed E-state index contributed by atoms with van der Waals surface area (Å²) >= 11 is 0. The number of hydrogen-bond donors (Lipinski definition) is 0. The van der Waals surface area contributed by atoms with Crippen molar-refractivity contribution in [2.45, 2.75) is 12.3 Å². The predicted molar refractivity (Wildman–Crippen MR) is 105 cm³/mol. The molecule has 3 heterocycles. The third-order valence-electron chi connectivity index (χ3n) is 5.19. The molecule has 0 spiro atoms. The second-order valence-corrected chi connectivity index (χ2v) is 7.00. The van der Waals surface area contributed by atoms with E-state index in [-0.39, 0.29) is 25.0 Å². The SMILES string of the molecule is COc1cc(OC)cc(N2CC(c3nc(-c4ccc5c(c4)OCO5)no3)CC2=O)c1. The smallest absolute Gasteiger partial charge is 0.232 e. The van der Waals surface area contributed by atoms with Gasteiger partial charge in [0.1, 0.15) is 11.5 Å². The Bertz CT molecular complexity index is 1090. The fourth-order valence-corrected chi connectivity index (χ4v) is 3.62. The van der Waals surface area contributed by atoms with E-state index in [0.717, 1.165) is 5.56 Å². The number of fused-ring (bicyclic) bond motifs is 1. The molecule has 0 bridgehead atoms. The zero-order chi connectivity index (χ0) is 20.7. The maximum atomic E-state index is 12.7. The van der Waals surface area contributed by atoms with Crippen LogP contribution in [0.3, 0.4) is 0 Å². The molecule has 1 fully saturated rings. The topological polar surface area (TPSA) is 96.2 Å². The highest BCUT2D eigenvalue weighted by atomic mass is 16.7. The van der Waals surface area contributed by atoms with Crippen LogP contribution in [0.5, 0.6) is 23.0 Å². The summed E-state index contributed by atoms with van der Waals surface area (Å²) in [6.07, 6.45) is 0.280. The summed E-state index contributed by atoms with van der Waals surface area (Å²) in [6.45, 7) is 0.628. The quantitative estimate of drug-likeness (QED) is 0.635. The Labute approximate surface area is 172 Å². The van der Waals surface area contributed by atoms with Crippen molar-refractivity contribution in [2.75, 3.05) is 32.5 Å². The lowest BCUT2D eigenvalue weighted by molar-refractivity contribution is -0.117. The second-order valence-electron chi connectivity index (χ2n) is 7.00. The number of aromatic nitrogens is 2. The van der Waals surface area contributed by atoms with Crippen molar-refractivity contribution in [1.82, 2.24) is 10.1 Å². The molecule has 9 heteroatoms. The summed E-state index contributed by atoms with van der Waals surface area (Å²) < 4.78 is 26.8. The number of carbonyl (C=O) groups is 1. The molecule has 1 atom stereocenters. The van der Waals surface area contributed by atoms with Crippen molar-refractivity contribution >= 4 is 11.6 Å². The molecule has 3 aromatic rings. The van der Waals surface area contributed by atoms with E-state index < -0.39 is 0 Å². The van der Waals surface area contributed by atoms with Crippen LogP contribution in [0, 0.1) is 0 Å². The summed E-state index contributed by atoms with van der Waals surface area (Å²) in [5.74, 6) is 3.20. The standard InChI is InChI=1S/C21H19N3O6/c1-26-15-7-14(8-16(9-15)27-2)24-10-13(6-19(24)25)21-22-20(23-30-21)12-3-4-17-18(5-12)29-11-28-17/h3-5,7-9,13H,6,10-11H2,1-2H3. The second kappa shape index (κ2) is 7.25. The minimum atomic E-state index is -0.204. The first-order valence-electron chi connectivity index (χ1n) is 9.41. The van der Waals surface area contributed by atoms with Crippen LogP contribution in [0.1, 0.15) is 18.2 Å². The van der Waals surface area contributed by atoms with Gasteiger partial charge in [0.2, 0.25) is 24.4 Å². The molecule has 0 radical (unpaired) electrons. The van der Waals surface area contributed by atoms with E-state index in [1.54, 1.807) is 37.3 Å². The molecule has 1 unspecified atom stereocenters. The van der Waals surface area contributed by atoms with Crippen molar-refractivity contribution in [3.05, 3.63) is 42.3 Å². The van der Waals surface area contributed by atoms with Gasteiger partial charge in [0, 0.05) is 36.7 Å². The highest BCUT2D eigenvalue weighted by molar-refractivity contribution is 5.96. The van der Waals surface area contributed by atoms with Crippen molar-refractivity contribution in [1.29, 1.82) is 0 Å². The molecule has 0 saturated carbocycles. The first-order valence-corrected chi connectivity index (χ1v) is 9.41. The molecule has 1 aromatic heterocycles. The number of nitrogens with zero attached hydrogens (tertiary/aromatic N) is 3. The van der Waals surface area contributed by atoms with Gasteiger partial charge in [-0.3, -0.25) is 4.79 Å². The van der Waals surface area contributed by atoms with Crippen LogP contribution < -0.4 is 23.8 Å². The van der Waals surface area contributed by atoms with E-state index in [2.05, 4.69) is 10.1 Å². The van der Waals surface area contributed by atoms with Gasteiger partial charge in [-0.25, -0.2) is 0 Å². The van der Waals surface area contributed by atoms with Crippen LogP contribution in [0.4, 0.5) is 5.69 Å². The highest BCUT2D eigenvalue weighted by Gasteiger charge is 2.35. The normalized spacial score (nSPS) is 17.5. The summed E-state index contributed by atoms with van der Waals surface area (Å²) in [5.41, 5.74) is 1.46. The molecule has 2 aliphatic rings. The van der Waals surface area contributed by atoms with Crippen molar-refractivity contribution < 1.29 is 28.3 Å². The van der Waals surface area contributed by atoms with E-state index in [4.69, 9.17) is 23.5 Å². The molecular formula is C21H19N3O6. The van der Waals surface area contributed by atoms with Gasteiger partial charge in [-0.2, -0.15) is 4.98 Å². The zero-order valence-corrected chi connectivity index (χ0v) is 16.5. The molecule has 1 amide bonds. The van der Waals surface area contributed by atoms with Gasteiger partial charge in [-0.1, -0.05) is 5.16 Å². The van der Waals surface area contributed by atoms with Gasteiger partial charge in [-0.15, -0.1) is 0 Å². The monoisotopic (exact) mass is 409 g/mol. The molecule has 0 aliphatic carbocycles. The van der Waals surface area contributed by atoms with Crippen LogP contribution in [0.15, 0.2) is 40.9 Å². The number of methoxy groups -OCH3 is 2. The largest absolute Gasteiger partial charge is 0.497 e. The average molecular weight is 409 g/mol. The first kappa shape index (κ1) is 18.3. The molecule has 154 valence electrons. The van der Waals surface area contributed by atoms with E-state index in [1.807, 2.05) is 18.2 Å². The minimum Gasteiger partial charge on any atom is -0.497 e. The van der Waals surface area contributed by atoms with Crippen LogP contribution in [0.2, 0.25) is 0 Å². The number of carbonyl (C=O) groups excluding carboxylic acids is 1. The maximum Gasteiger partial charge on any atom is 0.232 e. The molecule has 30 heavy (non-hydrogen) atoms. The lowest BCUT2D eigenvalue weighted by Crippen LogP contribution is -2.24. The number of rotatable bonds is 5. The number of benzene rings is 2. The summed E-state index contributed by atoms with van der Waals surface area (Å²) in [7, 11) is 3.15. The van der Waals surface area contributed by atoms with Gasteiger partial charge in [0.15, 0.2) is 11.5 Å². The van der Waals surface area contributed by atoms with E-state index in [0.29, 0.717) is 46.9 Å². The molecule has 5 rings (SSSR count). The van der Waals surface area contributed by atoms with Crippen LogP contribution in [0.25, 0.3) is 11.4 Å². The van der Waals surface area contributed by atoms with Crippen LogP contribution in [-0.2, 0) is 4.79 Å².